The molecule has 0 unspecified atom stereocenters. The molecular weight excluding hydrogens is 391 g/mol. The van der Waals surface area contributed by atoms with E-state index in [9.17, 15) is 0 Å². The van der Waals surface area contributed by atoms with Gasteiger partial charge in [0.2, 0.25) is 5.16 Å². The number of rotatable bonds is 6. The first-order valence-corrected chi connectivity index (χ1v) is 9.48. The molecule has 0 amide bonds. The largest absolute Gasteiger partial charge is 0.496 e. The lowest BCUT2D eigenvalue weighted by molar-refractivity contribution is 0.414. The summed E-state index contributed by atoms with van der Waals surface area (Å²) in [6.07, 6.45) is 1.73. The molecule has 0 spiro atoms. The Bertz CT molecular complexity index is 943. The minimum atomic E-state index is 0.615. The third-order valence-corrected chi connectivity index (χ3v) is 5.15. The minimum absolute atomic E-state index is 0.615. The van der Waals surface area contributed by atoms with Crippen LogP contribution in [0.5, 0.6) is 5.75 Å². The summed E-state index contributed by atoms with van der Waals surface area (Å²) in [5.74, 6) is 2.09. The molecule has 2 aromatic carbocycles. The normalized spacial score (nSPS) is 11.2. The van der Waals surface area contributed by atoms with Gasteiger partial charge in [-0.3, -0.25) is 0 Å². The van der Waals surface area contributed by atoms with Crippen molar-refractivity contribution in [1.29, 1.82) is 0 Å². The first-order valence-electron chi connectivity index (χ1n) is 7.74. The molecule has 0 bridgehead atoms. The molecule has 0 N–H and O–H groups in total. The van der Waals surface area contributed by atoms with Crippen molar-refractivity contribution in [2.75, 3.05) is 7.11 Å². The molecule has 5 nitrogen and oxygen atoms in total. The van der Waals surface area contributed by atoms with Gasteiger partial charge in [-0.2, -0.15) is 9.78 Å². The van der Waals surface area contributed by atoms with E-state index >= 15 is 0 Å². The van der Waals surface area contributed by atoms with Crippen molar-refractivity contribution in [2.24, 2.45) is 5.10 Å². The Morgan fingerprint density at radius 2 is 2.00 bits per heavy atom. The monoisotopic (exact) mass is 406 g/mol. The van der Waals surface area contributed by atoms with Gasteiger partial charge in [0.25, 0.3) is 0 Å². The Kier molecular flexibility index (Phi) is 6.19. The maximum absolute atomic E-state index is 6.23. The second kappa shape index (κ2) is 8.58. The van der Waals surface area contributed by atoms with Crippen LogP contribution >= 0.6 is 35.0 Å². The number of nitrogens with zero attached hydrogens (tertiary/aromatic N) is 4. The third kappa shape index (κ3) is 4.38. The molecular formula is C18H16Cl2N4OS. The number of hydrogen-bond acceptors (Lipinski definition) is 5. The fourth-order valence-corrected chi connectivity index (χ4v) is 3.73. The first kappa shape index (κ1) is 18.8. The van der Waals surface area contributed by atoms with Crippen LogP contribution in [0.15, 0.2) is 52.7 Å². The van der Waals surface area contributed by atoms with E-state index in [1.165, 1.54) is 11.8 Å². The molecule has 0 saturated carbocycles. The van der Waals surface area contributed by atoms with Crippen LogP contribution in [0.3, 0.4) is 0 Å². The fourth-order valence-electron chi connectivity index (χ4n) is 2.24. The van der Waals surface area contributed by atoms with E-state index in [1.807, 2.05) is 43.3 Å². The summed E-state index contributed by atoms with van der Waals surface area (Å²) in [6, 6.07) is 13.1. The molecule has 0 atom stereocenters. The number of benzene rings is 2. The van der Waals surface area contributed by atoms with E-state index in [4.69, 9.17) is 27.9 Å². The number of methoxy groups -OCH3 is 1. The summed E-state index contributed by atoms with van der Waals surface area (Å²) in [5, 5.41) is 14.7. The highest BCUT2D eigenvalue weighted by Gasteiger charge is 2.10. The molecule has 0 aliphatic carbocycles. The van der Waals surface area contributed by atoms with Gasteiger partial charge in [0.1, 0.15) is 5.75 Å². The number of halogens is 2. The van der Waals surface area contributed by atoms with Gasteiger partial charge in [-0.15, -0.1) is 10.2 Å². The lowest BCUT2D eigenvalue weighted by atomic mass is 10.2. The molecule has 0 aliphatic heterocycles. The zero-order valence-corrected chi connectivity index (χ0v) is 16.5. The van der Waals surface area contributed by atoms with E-state index < -0.39 is 0 Å². The topological polar surface area (TPSA) is 52.3 Å². The maximum atomic E-state index is 6.23. The van der Waals surface area contributed by atoms with Crippen LogP contribution in [0.2, 0.25) is 10.0 Å². The van der Waals surface area contributed by atoms with Gasteiger partial charge in [0, 0.05) is 21.4 Å². The lowest BCUT2D eigenvalue weighted by Crippen LogP contribution is -1.98. The SMILES string of the molecule is COc1ccccc1/C=N/n1c(C)nnc1SCc1ccc(Cl)cc1Cl. The van der Waals surface area contributed by atoms with Crippen molar-refractivity contribution in [1.82, 2.24) is 14.9 Å². The van der Waals surface area contributed by atoms with Crippen LogP contribution in [0.4, 0.5) is 0 Å². The summed E-state index contributed by atoms with van der Waals surface area (Å²) < 4.78 is 7.04. The number of para-hydroxylation sites is 1. The van der Waals surface area contributed by atoms with Crippen LogP contribution in [-0.4, -0.2) is 28.2 Å². The molecule has 0 fully saturated rings. The van der Waals surface area contributed by atoms with Crippen LogP contribution in [-0.2, 0) is 5.75 Å². The van der Waals surface area contributed by atoms with Crippen LogP contribution in [0.25, 0.3) is 0 Å². The van der Waals surface area contributed by atoms with Crippen LogP contribution < -0.4 is 4.74 Å². The number of hydrogen-bond donors (Lipinski definition) is 0. The van der Waals surface area contributed by atoms with E-state index in [2.05, 4.69) is 15.3 Å². The Labute approximate surface area is 166 Å². The molecule has 26 heavy (non-hydrogen) atoms. The summed E-state index contributed by atoms with van der Waals surface area (Å²) >= 11 is 13.7. The second-order valence-corrected chi connectivity index (χ2v) is 7.14. The summed E-state index contributed by atoms with van der Waals surface area (Å²) in [6.45, 7) is 1.85. The van der Waals surface area contributed by atoms with Gasteiger partial charge >= 0.3 is 0 Å². The van der Waals surface area contributed by atoms with Crippen LogP contribution in [0, 0.1) is 6.92 Å². The van der Waals surface area contributed by atoms with E-state index in [0.29, 0.717) is 26.8 Å². The molecule has 3 rings (SSSR count). The maximum Gasteiger partial charge on any atom is 0.212 e. The third-order valence-electron chi connectivity index (χ3n) is 3.59. The fraction of sp³-hybridized carbons (Fsp3) is 0.167. The first-order chi connectivity index (χ1) is 12.6. The minimum Gasteiger partial charge on any atom is -0.496 e. The molecule has 3 aromatic rings. The zero-order valence-electron chi connectivity index (χ0n) is 14.2. The summed E-state index contributed by atoms with van der Waals surface area (Å²) in [4.78, 5) is 0. The van der Waals surface area contributed by atoms with Crippen molar-refractivity contribution in [3.05, 3.63) is 69.5 Å². The molecule has 0 radical (unpaired) electrons. The van der Waals surface area contributed by atoms with E-state index in [1.54, 1.807) is 24.1 Å². The molecule has 8 heteroatoms. The number of aromatic nitrogens is 3. The Balaban J connectivity index is 1.79. The van der Waals surface area contributed by atoms with Crippen molar-refractivity contribution in [3.8, 4) is 5.75 Å². The molecule has 1 aromatic heterocycles. The van der Waals surface area contributed by atoms with Gasteiger partial charge in [-0.05, 0) is 36.8 Å². The average molecular weight is 407 g/mol. The molecule has 134 valence electrons. The summed E-state index contributed by atoms with van der Waals surface area (Å²) in [7, 11) is 1.63. The van der Waals surface area contributed by atoms with E-state index in [-0.39, 0.29) is 0 Å². The summed E-state index contributed by atoms with van der Waals surface area (Å²) in [5.41, 5.74) is 1.85. The molecule has 0 aliphatic rings. The predicted octanol–water partition coefficient (Wildman–Crippen LogP) is 5.08. The quantitative estimate of drug-likeness (QED) is 0.423. The molecule has 1 heterocycles. The van der Waals surface area contributed by atoms with Crippen LogP contribution in [0.1, 0.15) is 17.0 Å². The van der Waals surface area contributed by atoms with Crippen molar-refractivity contribution in [3.63, 3.8) is 0 Å². The lowest BCUT2D eigenvalue weighted by Gasteiger charge is -2.06. The van der Waals surface area contributed by atoms with Gasteiger partial charge in [0.15, 0.2) is 5.82 Å². The van der Waals surface area contributed by atoms with Gasteiger partial charge in [0.05, 0.1) is 13.3 Å². The number of thioether (sulfide) groups is 1. The van der Waals surface area contributed by atoms with Gasteiger partial charge in [-0.25, -0.2) is 0 Å². The van der Waals surface area contributed by atoms with Crippen molar-refractivity contribution < 1.29 is 4.74 Å². The van der Waals surface area contributed by atoms with Crippen molar-refractivity contribution in [2.45, 2.75) is 17.8 Å². The Hall–Kier alpha value is -2.02. The van der Waals surface area contributed by atoms with Gasteiger partial charge in [-0.1, -0.05) is 53.2 Å². The second-order valence-electron chi connectivity index (χ2n) is 5.35. The number of aryl methyl sites for hydroxylation is 1. The highest BCUT2D eigenvalue weighted by Crippen LogP contribution is 2.28. The Morgan fingerprint density at radius 1 is 1.19 bits per heavy atom. The standard InChI is InChI=1S/C18H16Cl2N4OS/c1-12-22-23-18(26-11-14-7-8-15(19)9-16(14)20)24(12)21-10-13-5-3-4-6-17(13)25-2/h3-10H,11H2,1-2H3/b21-10+. The highest BCUT2D eigenvalue weighted by molar-refractivity contribution is 7.98. The smallest absolute Gasteiger partial charge is 0.212 e. The highest BCUT2D eigenvalue weighted by atomic mass is 35.5. The number of ether oxygens (including phenoxy) is 1. The predicted molar refractivity (Wildman–Crippen MR) is 107 cm³/mol. The molecule has 0 saturated heterocycles. The average Bonchev–Trinajstić information content (AvgIpc) is 2.99. The van der Waals surface area contributed by atoms with E-state index in [0.717, 1.165) is 16.9 Å². The van der Waals surface area contributed by atoms with Crippen molar-refractivity contribution >= 4 is 41.2 Å². The zero-order chi connectivity index (χ0) is 18.5. The van der Waals surface area contributed by atoms with Gasteiger partial charge < -0.3 is 4.74 Å². The Morgan fingerprint density at radius 3 is 2.77 bits per heavy atom.